The Balaban J connectivity index is 3.41. The van der Waals surface area contributed by atoms with Gasteiger partial charge in [-0.25, -0.2) is 0 Å². The van der Waals surface area contributed by atoms with Gasteiger partial charge in [0.25, 0.3) is 0 Å². The van der Waals surface area contributed by atoms with Gasteiger partial charge in [0, 0.05) is 5.56 Å². The third kappa shape index (κ3) is 2.38. The third-order valence-electron chi connectivity index (χ3n) is 3.38. The average molecular weight is 234 g/mol. The molecule has 0 aliphatic heterocycles. The molecule has 3 nitrogen and oxygen atoms in total. The van der Waals surface area contributed by atoms with Gasteiger partial charge in [0.05, 0.1) is 0 Å². The number of aliphatic carboxylic acids is 1. The highest BCUT2D eigenvalue weighted by Gasteiger charge is 2.25. The van der Waals surface area contributed by atoms with Gasteiger partial charge in [0.15, 0.2) is 5.78 Å². The van der Waals surface area contributed by atoms with Gasteiger partial charge in [0.1, 0.15) is 5.92 Å². The molecule has 1 rings (SSSR count). The lowest BCUT2D eigenvalue weighted by Gasteiger charge is -2.15. The molecule has 1 aromatic carbocycles. The van der Waals surface area contributed by atoms with E-state index in [1.165, 1.54) is 6.92 Å². The number of rotatable bonds is 3. The van der Waals surface area contributed by atoms with Crippen LogP contribution in [0.15, 0.2) is 6.07 Å². The van der Waals surface area contributed by atoms with Crippen LogP contribution in [0, 0.1) is 33.6 Å². The van der Waals surface area contributed by atoms with E-state index in [1.54, 1.807) is 0 Å². The predicted molar refractivity (Wildman–Crippen MR) is 66.5 cm³/mol. The summed E-state index contributed by atoms with van der Waals surface area (Å²) in [6.45, 7) is 9.03. The molecule has 0 fully saturated rings. The number of ketones is 1. The number of aryl methyl sites for hydroxylation is 2. The summed E-state index contributed by atoms with van der Waals surface area (Å²) in [5, 5.41) is 8.91. The first-order valence-electron chi connectivity index (χ1n) is 5.61. The highest BCUT2D eigenvalue weighted by atomic mass is 16.4. The number of hydrogen-bond donors (Lipinski definition) is 1. The van der Waals surface area contributed by atoms with Gasteiger partial charge < -0.3 is 5.11 Å². The van der Waals surface area contributed by atoms with Gasteiger partial charge in [-0.3, -0.25) is 9.59 Å². The number of hydrogen-bond acceptors (Lipinski definition) is 2. The molecular weight excluding hydrogens is 216 g/mol. The molecule has 0 radical (unpaired) electrons. The van der Waals surface area contributed by atoms with Crippen molar-refractivity contribution in [3.8, 4) is 0 Å². The second-order valence-corrected chi connectivity index (χ2v) is 4.56. The Kier molecular flexibility index (Phi) is 3.71. The Morgan fingerprint density at radius 1 is 1.06 bits per heavy atom. The van der Waals surface area contributed by atoms with Crippen molar-refractivity contribution in [2.45, 2.75) is 34.6 Å². The fraction of sp³-hybridized carbons (Fsp3) is 0.429. The summed E-state index contributed by atoms with van der Waals surface area (Å²) in [4.78, 5) is 23.0. The van der Waals surface area contributed by atoms with E-state index < -0.39 is 11.9 Å². The standard InChI is InChI=1S/C14H18O3/c1-7-6-8(2)10(4)12(9(7)3)13(15)11(5)14(16)17/h6,11H,1-5H3,(H,16,17). The van der Waals surface area contributed by atoms with Crippen LogP contribution in [0.3, 0.4) is 0 Å². The summed E-state index contributed by atoms with van der Waals surface area (Å²) >= 11 is 0. The first-order valence-corrected chi connectivity index (χ1v) is 5.61. The van der Waals surface area contributed by atoms with Crippen molar-refractivity contribution < 1.29 is 14.7 Å². The monoisotopic (exact) mass is 234 g/mol. The number of carbonyl (C=O) groups excluding carboxylic acids is 1. The zero-order valence-corrected chi connectivity index (χ0v) is 10.9. The Morgan fingerprint density at radius 2 is 1.47 bits per heavy atom. The van der Waals surface area contributed by atoms with Crippen LogP contribution in [0.1, 0.15) is 39.5 Å². The second kappa shape index (κ2) is 4.70. The second-order valence-electron chi connectivity index (χ2n) is 4.56. The topological polar surface area (TPSA) is 54.4 Å². The van der Waals surface area contributed by atoms with Crippen molar-refractivity contribution in [3.05, 3.63) is 33.9 Å². The van der Waals surface area contributed by atoms with E-state index in [0.29, 0.717) is 5.56 Å². The third-order valence-corrected chi connectivity index (χ3v) is 3.38. The first kappa shape index (κ1) is 13.4. The van der Waals surface area contributed by atoms with E-state index in [2.05, 4.69) is 0 Å². The highest BCUT2D eigenvalue weighted by molar-refractivity contribution is 6.09. The molecule has 0 aromatic heterocycles. The molecule has 0 bridgehead atoms. The van der Waals surface area contributed by atoms with Gasteiger partial charge in [-0.05, 0) is 56.9 Å². The minimum Gasteiger partial charge on any atom is -0.481 e. The molecule has 0 aliphatic rings. The molecule has 92 valence electrons. The molecule has 0 aliphatic carbocycles. The molecule has 17 heavy (non-hydrogen) atoms. The van der Waals surface area contributed by atoms with Crippen molar-refractivity contribution in [2.75, 3.05) is 0 Å². The van der Waals surface area contributed by atoms with Crippen molar-refractivity contribution in [2.24, 2.45) is 5.92 Å². The molecule has 1 unspecified atom stereocenters. The largest absolute Gasteiger partial charge is 0.481 e. The maximum atomic E-state index is 12.2. The quantitative estimate of drug-likeness (QED) is 0.646. The minimum absolute atomic E-state index is 0.306. The number of carbonyl (C=O) groups is 2. The van der Waals surface area contributed by atoms with Crippen LogP contribution in [0.5, 0.6) is 0 Å². The molecule has 3 heteroatoms. The molecule has 1 N–H and O–H groups in total. The molecule has 0 amide bonds. The van der Waals surface area contributed by atoms with Crippen LogP contribution in [-0.2, 0) is 4.79 Å². The van der Waals surface area contributed by atoms with E-state index in [9.17, 15) is 9.59 Å². The van der Waals surface area contributed by atoms with E-state index >= 15 is 0 Å². The zero-order valence-electron chi connectivity index (χ0n) is 10.9. The predicted octanol–water partition coefficient (Wildman–Crippen LogP) is 2.82. The fourth-order valence-electron chi connectivity index (χ4n) is 1.92. The fourth-order valence-corrected chi connectivity index (χ4v) is 1.92. The van der Waals surface area contributed by atoms with Gasteiger partial charge in [-0.2, -0.15) is 0 Å². The summed E-state index contributed by atoms with van der Waals surface area (Å²) in [6.07, 6.45) is 0. The highest BCUT2D eigenvalue weighted by Crippen LogP contribution is 2.24. The van der Waals surface area contributed by atoms with E-state index in [1.807, 2.05) is 33.8 Å². The zero-order chi connectivity index (χ0) is 13.3. The summed E-state index contributed by atoms with van der Waals surface area (Å²) in [5.74, 6) is -2.37. The van der Waals surface area contributed by atoms with Gasteiger partial charge in [-0.15, -0.1) is 0 Å². The van der Waals surface area contributed by atoms with Crippen LogP contribution in [0.2, 0.25) is 0 Å². The lowest BCUT2D eigenvalue weighted by Crippen LogP contribution is -2.22. The van der Waals surface area contributed by atoms with Crippen LogP contribution in [0.4, 0.5) is 0 Å². The van der Waals surface area contributed by atoms with Gasteiger partial charge in [0.2, 0.25) is 0 Å². The SMILES string of the molecule is Cc1cc(C)c(C)c(C(=O)C(C)C(=O)O)c1C. The maximum Gasteiger partial charge on any atom is 0.314 e. The maximum absolute atomic E-state index is 12.2. The normalized spacial score (nSPS) is 12.3. The van der Waals surface area contributed by atoms with Crippen molar-refractivity contribution in [3.63, 3.8) is 0 Å². The Labute approximate surface area is 101 Å². The molecule has 1 atom stereocenters. The molecule has 0 saturated heterocycles. The van der Waals surface area contributed by atoms with E-state index in [0.717, 1.165) is 22.3 Å². The van der Waals surface area contributed by atoms with Crippen LogP contribution >= 0.6 is 0 Å². The van der Waals surface area contributed by atoms with E-state index in [-0.39, 0.29) is 5.78 Å². The van der Waals surface area contributed by atoms with Crippen LogP contribution in [-0.4, -0.2) is 16.9 Å². The van der Waals surface area contributed by atoms with Gasteiger partial charge >= 0.3 is 5.97 Å². The molecule has 0 saturated carbocycles. The number of carboxylic acids is 1. The average Bonchev–Trinajstić information content (AvgIpc) is 2.25. The smallest absolute Gasteiger partial charge is 0.314 e. The van der Waals surface area contributed by atoms with Crippen molar-refractivity contribution >= 4 is 11.8 Å². The summed E-state index contributed by atoms with van der Waals surface area (Å²) < 4.78 is 0. The van der Waals surface area contributed by atoms with Crippen molar-refractivity contribution in [1.82, 2.24) is 0 Å². The Morgan fingerprint density at radius 3 is 1.82 bits per heavy atom. The van der Waals surface area contributed by atoms with E-state index in [4.69, 9.17) is 5.11 Å². The molecular formula is C14H18O3. The van der Waals surface area contributed by atoms with Crippen LogP contribution in [0.25, 0.3) is 0 Å². The molecule has 0 spiro atoms. The summed E-state index contributed by atoms with van der Waals surface area (Å²) in [7, 11) is 0. The lowest BCUT2D eigenvalue weighted by molar-refractivity contribution is -0.139. The van der Waals surface area contributed by atoms with Crippen molar-refractivity contribution in [1.29, 1.82) is 0 Å². The first-order chi connectivity index (χ1) is 7.77. The Bertz CT molecular complexity index is 460. The lowest BCUT2D eigenvalue weighted by atomic mass is 9.87. The number of carboxylic acid groups (broad SMARTS) is 1. The number of Topliss-reactive ketones (excluding diaryl/α,β-unsaturated/α-hetero) is 1. The minimum atomic E-state index is -1.08. The van der Waals surface area contributed by atoms with Gasteiger partial charge in [-0.1, -0.05) is 6.07 Å². The van der Waals surface area contributed by atoms with Crippen LogP contribution < -0.4 is 0 Å². The Hall–Kier alpha value is -1.64. The molecule has 1 aromatic rings. The summed E-state index contributed by atoms with van der Waals surface area (Å²) in [6, 6.07) is 2.02. The number of benzene rings is 1. The molecule has 0 heterocycles. The summed E-state index contributed by atoms with van der Waals surface area (Å²) in [5.41, 5.74) is 4.37.